The minimum Gasteiger partial charge on any atom is -0.343 e. The van der Waals surface area contributed by atoms with Crippen LogP contribution in [0.15, 0.2) is 53.4 Å². The fourth-order valence-electron chi connectivity index (χ4n) is 1.98. The van der Waals surface area contributed by atoms with Crippen molar-refractivity contribution in [3.05, 3.63) is 60.2 Å². The first-order valence-corrected chi connectivity index (χ1v) is 5.36. The van der Waals surface area contributed by atoms with Crippen LogP contribution in [0.5, 0.6) is 0 Å². The Kier molecular flexibility index (Phi) is 2.34. The molecule has 0 radical (unpaired) electrons. The van der Waals surface area contributed by atoms with E-state index in [0.717, 1.165) is 16.3 Å². The highest BCUT2D eigenvalue weighted by atomic mass is 16.5. The lowest BCUT2D eigenvalue weighted by atomic mass is 9.99. The summed E-state index contributed by atoms with van der Waals surface area (Å²) in [7, 11) is 0. The predicted octanol–water partition coefficient (Wildman–Crippen LogP) is 2.27. The highest BCUT2D eigenvalue weighted by Gasteiger charge is 2.15. The molecule has 0 fully saturated rings. The Balaban J connectivity index is 2.17. The standard InChI is InChI=1S/C13H11N3O/c14-12(13-15-8-17-16-13)11-7-3-5-9-4-1-2-6-10(9)11/h1-8,12H,14H2. The number of aromatic nitrogens is 2. The molecule has 1 heterocycles. The molecule has 3 aromatic rings. The maximum atomic E-state index is 6.14. The lowest BCUT2D eigenvalue weighted by Crippen LogP contribution is -2.13. The Bertz CT molecular complexity index is 629. The molecule has 17 heavy (non-hydrogen) atoms. The summed E-state index contributed by atoms with van der Waals surface area (Å²) in [5, 5.41) is 6.06. The summed E-state index contributed by atoms with van der Waals surface area (Å²) in [5.74, 6) is 0.501. The van der Waals surface area contributed by atoms with Gasteiger partial charge in [-0.2, -0.15) is 4.98 Å². The van der Waals surface area contributed by atoms with Crippen LogP contribution < -0.4 is 5.73 Å². The molecule has 0 saturated carbocycles. The Morgan fingerprint density at radius 2 is 1.88 bits per heavy atom. The second-order valence-electron chi connectivity index (χ2n) is 3.84. The third kappa shape index (κ3) is 1.68. The zero-order valence-corrected chi connectivity index (χ0v) is 9.08. The number of fused-ring (bicyclic) bond motifs is 1. The van der Waals surface area contributed by atoms with E-state index in [2.05, 4.69) is 22.3 Å². The number of rotatable bonds is 2. The smallest absolute Gasteiger partial charge is 0.213 e. The first-order chi connectivity index (χ1) is 8.36. The van der Waals surface area contributed by atoms with Crippen LogP contribution in [0.2, 0.25) is 0 Å². The van der Waals surface area contributed by atoms with E-state index in [1.54, 1.807) is 0 Å². The summed E-state index contributed by atoms with van der Waals surface area (Å²) >= 11 is 0. The molecular weight excluding hydrogens is 214 g/mol. The Morgan fingerprint density at radius 1 is 1.06 bits per heavy atom. The van der Waals surface area contributed by atoms with Gasteiger partial charge in [0.05, 0.1) is 6.04 Å². The molecule has 4 heteroatoms. The summed E-state index contributed by atoms with van der Waals surface area (Å²) in [5.41, 5.74) is 7.15. The maximum Gasteiger partial charge on any atom is 0.213 e. The van der Waals surface area contributed by atoms with Gasteiger partial charge >= 0.3 is 0 Å². The van der Waals surface area contributed by atoms with Crippen molar-refractivity contribution in [3.63, 3.8) is 0 Å². The Morgan fingerprint density at radius 3 is 2.71 bits per heavy atom. The second kappa shape index (κ2) is 3.99. The van der Waals surface area contributed by atoms with Gasteiger partial charge in [0.1, 0.15) is 0 Å². The van der Waals surface area contributed by atoms with Crippen LogP contribution in [0.25, 0.3) is 10.8 Å². The van der Waals surface area contributed by atoms with Gasteiger partial charge in [-0.15, -0.1) is 0 Å². The van der Waals surface area contributed by atoms with Gasteiger partial charge in [-0.3, -0.25) is 0 Å². The van der Waals surface area contributed by atoms with E-state index in [-0.39, 0.29) is 6.04 Å². The van der Waals surface area contributed by atoms with E-state index < -0.39 is 0 Å². The molecular formula is C13H11N3O. The van der Waals surface area contributed by atoms with Gasteiger partial charge in [-0.1, -0.05) is 47.6 Å². The molecule has 0 aliphatic carbocycles. The lowest BCUT2D eigenvalue weighted by molar-refractivity contribution is 0.407. The minimum absolute atomic E-state index is 0.361. The summed E-state index contributed by atoms with van der Waals surface area (Å²) < 4.78 is 4.73. The maximum absolute atomic E-state index is 6.14. The highest BCUT2D eigenvalue weighted by Crippen LogP contribution is 2.25. The van der Waals surface area contributed by atoms with Gasteiger partial charge in [0.2, 0.25) is 6.39 Å². The normalized spacial score (nSPS) is 12.8. The highest BCUT2D eigenvalue weighted by molar-refractivity contribution is 5.86. The van der Waals surface area contributed by atoms with E-state index >= 15 is 0 Å². The first-order valence-electron chi connectivity index (χ1n) is 5.36. The van der Waals surface area contributed by atoms with E-state index in [1.165, 1.54) is 6.39 Å². The Hall–Kier alpha value is -2.20. The van der Waals surface area contributed by atoms with Crippen LogP contribution in [0.1, 0.15) is 17.4 Å². The molecule has 0 spiro atoms. The quantitative estimate of drug-likeness (QED) is 0.726. The van der Waals surface area contributed by atoms with Gasteiger partial charge in [0, 0.05) is 0 Å². The van der Waals surface area contributed by atoms with E-state index in [9.17, 15) is 0 Å². The van der Waals surface area contributed by atoms with Crippen LogP contribution in [0, 0.1) is 0 Å². The molecule has 0 bridgehead atoms. The van der Waals surface area contributed by atoms with Crippen molar-refractivity contribution < 1.29 is 4.52 Å². The molecule has 0 amide bonds. The summed E-state index contributed by atoms with van der Waals surface area (Å²) in [6.45, 7) is 0. The molecule has 2 N–H and O–H groups in total. The summed E-state index contributed by atoms with van der Waals surface area (Å²) in [6, 6.07) is 13.8. The zero-order chi connectivity index (χ0) is 11.7. The fraction of sp³-hybridized carbons (Fsp3) is 0.0769. The van der Waals surface area contributed by atoms with Crippen LogP contribution in [0.3, 0.4) is 0 Å². The van der Waals surface area contributed by atoms with Crippen LogP contribution >= 0.6 is 0 Å². The van der Waals surface area contributed by atoms with Crippen molar-refractivity contribution >= 4 is 10.8 Å². The number of hydrogen-bond acceptors (Lipinski definition) is 4. The molecule has 4 nitrogen and oxygen atoms in total. The molecule has 1 aromatic heterocycles. The van der Waals surface area contributed by atoms with Gasteiger partial charge in [0.15, 0.2) is 5.82 Å². The monoisotopic (exact) mass is 225 g/mol. The minimum atomic E-state index is -0.361. The van der Waals surface area contributed by atoms with Crippen molar-refractivity contribution in [2.45, 2.75) is 6.04 Å². The lowest BCUT2D eigenvalue weighted by Gasteiger charge is -2.10. The third-order valence-electron chi connectivity index (χ3n) is 2.81. The van der Waals surface area contributed by atoms with Crippen molar-refractivity contribution in [1.82, 2.24) is 10.1 Å². The van der Waals surface area contributed by atoms with Gasteiger partial charge < -0.3 is 10.3 Å². The van der Waals surface area contributed by atoms with Gasteiger partial charge in [-0.05, 0) is 16.3 Å². The number of nitrogens with zero attached hydrogens (tertiary/aromatic N) is 2. The molecule has 84 valence electrons. The van der Waals surface area contributed by atoms with E-state index in [0.29, 0.717) is 5.82 Å². The van der Waals surface area contributed by atoms with Crippen molar-refractivity contribution in [3.8, 4) is 0 Å². The van der Waals surface area contributed by atoms with Crippen molar-refractivity contribution in [2.75, 3.05) is 0 Å². The van der Waals surface area contributed by atoms with E-state index in [4.69, 9.17) is 10.3 Å². The molecule has 1 atom stereocenters. The summed E-state index contributed by atoms with van der Waals surface area (Å²) in [4.78, 5) is 4.00. The SMILES string of the molecule is NC(c1ncon1)c1cccc2ccccc12. The zero-order valence-electron chi connectivity index (χ0n) is 9.08. The Labute approximate surface area is 98.1 Å². The van der Waals surface area contributed by atoms with Crippen LogP contribution in [0.4, 0.5) is 0 Å². The number of benzene rings is 2. The first kappa shape index (κ1) is 9.99. The fourth-order valence-corrected chi connectivity index (χ4v) is 1.98. The van der Waals surface area contributed by atoms with Crippen molar-refractivity contribution in [2.24, 2.45) is 5.73 Å². The average molecular weight is 225 g/mol. The van der Waals surface area contributed by atoms with Gasteiger partial charge in [0.25, 0.3) is 0 Å². The molecule has 3 rings (SSSR count). The third-order valence-corrected chi connectivity index (χ3v) is 2.81. The summed E-state index contributed by atoms with van der Waals surface area (Å²) in [6.07, 6.45) is 1.29. The topological polar surface area (TPSA) is 64.9 Å². The molecule has 0 saturated heterocycles. The molecule has 1 unspecified atom stereocenters. The largest absolute Gasteiger partial charge is 0.343 e. The average Bonchev–Trinajstić information content (AvgIpc) is 2.91. The molecule has 0 aliphatic heterocycles. The number of nitrogens with two attached hydrogens (primary N) is 1. The van der Waals surface area contributed by atoms with Crippen LogP contribution in [-0.2, 0) is 0 Å². The van der Waals surface area contributed by atoms with Crippen LogP contribution in [-0.4, -0.2) is 10.1 Å². The van der Waals surface area contributed by atoms with Crippen molar-refractivity contribution in [1.29, 1.82) is 0 Å². The second-order valence-corrected chi connectivity index (χ2v) is 3.84. The molecule has 0 aliphatic rings. The van der Waals surface area contributed by atoms with Gasteiger partial charge in [-0.25, -0.2) is 0 Å². The molecule has 2 aromatic carbocycles. The predicted molar refractivity (Wildman–Crippen MR) is 64.3 cm³/mol. The number of hydrogen-bond donors (Lipinski definition) is 1. The van der Waals surface area contributed by atoms with E-state index in [1.807, 2.05) is 30.3 Å².